The number of carbonyl (C=O) groups is 2. The Morgan fingerprint density at radius 1 is 1.35 bits per heavy atom. The third kappa shape index (κ3) is 6.29. The van der Waals surface area contributed by atoms with Crippen molar-refractivity contribution in [2.24, 2.45) is 5.92 Å². The summed E-state index contributed by atoms with van der Waals surface area (Å²) in [4.78, 5) is 26.1. The van der Waals surface area contributed by atoms with Gasteiger partial charge in [-0.3, -0.25) is 9.78 Å². The quantitative estimate of drug-likeness (QED) is 0.618. The second-order valence-electron chi connectivity index (χ2n) is 4.97. The van der Waals surface area contributed by atoms with E-state index in [1.54, 1.807) is 6.07 Å². The van der Waals surface area contributed by atoms with Crippen LogP contribution in [0.2, 0.25) is 0 Å². The van der Waals surface area contributed by atoms with Crippen LogP contribution in [0.4, 0.5) is 0 Å². The Bertz CT molecular complexity index is 443. The molecule has 0 aromatic carbocycles. The summed E-state index contributed by atoms with van der Waals surface area (Å²) in [5, 5.41) is 14.7. The average molecular weight is 279 g/mol. The van der Waals surface area contributed by atoms with Crippen molar-refractivity contribution in [3.8, 4) is 0 Å². The van der Waals surface area contributed by atoms with Gasteiger partial charge in [-0.2, -0.15) is 0 Å². The van der Waals surface area contributed by atoms with Gasteiger partial charge in [0.1, 0.15) is 0 Å². The van der Waals surface area contributed by atoms with Gasteiger partial charge in [-0.25, -0.2) is 4.79 Å². The minimum atomic E-state index is -0.987. The number of rotatable bonds is 8. The van der Waals surface area contributed by atoms with Crippen molar-refractivity contribution in [2.75, 3.05) is 13.1 Å². The minimum absolute atomic E-state index is 0.0281. The SMILES string of the molecule is CC(C)CNC(=O)CCNCc1ccc(C(=O)O)cn1. The highest BCUT2D eigenvalue weighted by molar-refractivity contribution is 5.87. The summed E-state index contributed by atoms with van der Waals surface area (Å²) in [5.41, 5.74) is 0.916. The van der Waals surface area contributed by atoms with Gasteiger partial charge in [0.05, 0.1) is 11.3 Å². The lowest BCUT2D eigenvalue weighted by Gasteiger charge is -2.08. The lowest BCUT2D eigenvalue weighted by molar-refractivity contribution is -0.121. The maximum atomic E-state index is 11.4. The number of nitrogens with one attached hydrogen (secondary N) is 2. The first kappa shape index (κ1) is 16.1. The molecule has 1 amide bonds. The molecular weight excluding hydrogens is 258 g/mol. The number of carboxylic acids is 1. The van der Waals surface area contributed by atoms with Crippen LogP contribution < -0.4 is 10.6 Å². The molecule has 0 saturated heterocycles. The summed E-state index contributed by atoms with van der Waals surface area (Å²) < 4.78 is 0. The van der Waals surface area contributed by atoms with Crippen molar-refractivity contribution in [3.05, 3.63) is 29.6 Å². The summed E-state index contributed by atoms with van der Waals surface area (Å²) in [6.45, 7) is 5.86. The molecule has 110 valence electrons. The van der Waals surface area contributed by atoms with Crippen LogP contribution in [0.1, 0.15) is 36.3 Å². The van der Waals surface area contributed by atoms with Gasteiger partial charge in [0, 0.05) is 32.3 Å². The fourth-order valence-electron chi connectivity index (χ4n) is 1.48. The van der Waals surface area contributed by atoms with Crippen molar-refractivity contribution < 1.29 is 14.7 Å². The van der Waals surface area contributed by atoms with E-state index >= 15 is 0 Å². The molecule has 0 bridgehead atoms. The van der Waals surface area contributed by atoms with Crippen molar-refractivity contribution in [2.45, 2.75) is 26.8 Å². The maximum absolute atomic E-state index is 11.4. The molecule has 20 heavy (non-hydrogen) atoms. The van der Waals surface area contributed by atoms with Crippen LogP contribution in [0.5, 0.6) is 0 Å². The Labute approximate surface area is 118 Å². The first-order valence-electron chi connectivity index (χ1n) is 6.64. The number of hydrogen-bond donors (Lipinski definition) is 3. The molecule has 0 saturated carbocycles. The van der Waals surface area contributed by atoms with Gasteiger partial charge in [-0.15, -0.1) is 0 Å². The van der Waals surface area contributed by atoms with Gasteiger partial charge < -0.3 is 15.7 Å². The second-order valence-corrected chi connectivity index (χ2v) is 4.97. The van der Waals surface area contributed by atoms with E-state index in [9.17, 15) is 9.59 Å². The monoisotopic (exact) mass is 279 g/mol. The van der Waals surface area contributed by atoms with E-state index in [1.165, 1.54) is 12.3 Å². The molecular formula is C14H21N3O3. The summed E-state index contributed by atoms with van der Waals surface area (Å²) in [7, 11) is 0. The smallest absolute Gasteiger partial charge is 0.337 e. The highest BCUT2D eigenvalue weighted by Crippen LogP contribution is 2.00. The number of carbonyl (C=O) groups excluding carboxylic acids is 1. The third-order valence-electron chi connectivity index (χ3n) is 2.61. The molecule has 1 heterocycles. The normalized spacial score (nSPS) is 10.6. The van der Waals surface area contributed by atoms with Crippen LogP contribution >= 0.6 is 0 Å². The van der Waals surface area contributed by atoms with Crippen LogP contribution in [0.25, 0.3) is 0 Å². The molecule has 1 aromatic rings. The average Bonchev–Trinajstić information content (AvgIpc) is 2.42. The molecule has 6 nitrogen and oxygen atoms in total. The molecule has 0 unspecified atom stereocenters. The third-order valence-corrected chi connectivity index (χ3v) is 2.61. The maximum Gasteiger partial charge on any atom is 0.337 e. The van der Waals surface area contributed by atoms with Gasteiger partial charge >= 0.3 is 5.97 Å². The zero-order valence-electron chi connectivity index (χ0n) is 11.8. The first-order valence-corrected chi connectivity index (χ1v) is 6.64. The molecule has 0 fully saturated rings. The largest absolute Gasteiger partial charge is 0.478 e. The van der Waals surface area contributed by atoms with Gasteiger partial charge in [-0.05, 0) is 18.1 Å². The second kappa shape index (κ2) is 8.27. The highest BCUT2D eigenvalue weighted by atomic mass is 16.4. The van der Waals surface area contributed by atoms with E-state index in [2.05, 4.69) is 15.6 Å². The van der Waals surface area contributed by atoms with Crippen molar-refractivity contribution >= 4 is 11.9 Å². The number of amides is 1. The number of pyridine rings is 1. The molecule has 0 aliphatic carbocycles. The predicted molar refractivity (Wildman–Crippen MR) is 75.4 cm³/mol. The Morgan fingerprint density at radius 3 is 2.65 bits per heavy atom. The zero-order chi connectivity index (χ0) is 15.0. The van der Waals surface area contributed by atoms with Crippen LogP contribution in [0, 0.1) is 5.92 Å². The van der Waals surface area contributed by atoms with Crippen LogP contribution in [-0.2, 0) is 11.3 Å². The Morgan fingerprint density at radius 2 is 2.10 bits per heavy atom. The van der Waals surface area contributed by atoms with E-state index in [1.807, 2.05) is 13.8 Å². The van der Waals surface area contributed by atoms with E-state index in [0.717, 1.165) is 5.69 Å². The van der Waals surface area contributed by atoms with Crippen LogP contribution in [0.3, 0.4) is 0 Å². The van der Waals surface area contributed by atoms with Crippen molar-refractivity contribution in [1.82, 2.24) is 15.6 Å². The molecule has 0 aliphatic rings. The standard InChI is InChI=1S/C14H21N3O3/c1-10(2)7-17-13(18)5-6-15-9-12-4-3-11(8-16-12)14(19)20/h3-4,8,10,15H,5-7,9H2,1-2H3,(H,17,18)(H,19,20). The Kier molecular flexibility index (Phi) is 6.66. The van der Waals surface area contributed by atoms with Gasteiger partial charge in [0.2, 0.25) is 5.91 Å². The molecule has 3 N–H and O–H groups in total. The van der Waals surface area contributed by atoms with E-state index in [0.29, 0.717) is 32.0 Å². The molecule has 0 aliphatic heterocycles. The van der Waals surface area contributed by atoms with Crippen molar-refractivity contribution in [3.63, 3.8) is 0 Å². The number of nitrogens with zero attached hydrogens (tertiary/aromatic N) is 1. The van der Waals surface area contributed by atoms with Gasteiger partial charge in [-0.1, -0.05) is 13.8 Å². The number of carboxylic acid groups (broad SMARTS) is 1. The lowest BCUT2D eigenvalue weighted by Crippen LogP contribution is -2.30. The highest BCUT2D eigenvalue weighted by Gasteiger charge is 2.04. The lowest BCUT2D eigenvalue weighted by atomic mass is 10.2. The number of aromatic carboxylic acids is 1. The molecule has 1 aromatic heterocycles. The molecule has 1 rings (SSSR count). The van der Waals surface area contributed by atoms with E-state index < -0.39 is 5.97 Å². The van der Waals surface area contributed by atoms with Gasteiger partial charge in [0.25, 0.3) is 0 Å². The zero-order valence-corrected chi connectivity index (χ0v) is 11.8. The number of hydrogen-bond acceptors (Lipinski definition) is 4. The van der Waals surface area contributed by atoms with Gasteiger partial charge in [0.15, 0.2) is 0 Å². The first-order chi connectivity index (χ1) is 9.49. The Balaban J connectivity index is 2.21. The van der Waals surface area contributed by atoms with Crippen LogP contribution in [0.15, 0.2) is 18.3 Å². The summed E-state index contributed by atoms with van der Waals surface area (Å²) in [6, 6.07) is 3.18. The molecule has 0 atom stereocenters. The predicted octanol–water partition coefficient (Wildman–Crippen LogP) is 1.03. The minimum Gasteiger partial charge on any atom is -0.478 e. The molecule has 6 heteroatoms. The van der Waals surface area contributed by atoms with Crippen LogP contribution in [-0.4, -0.2) is 35.1 Å². The number of aromatic nitrogens is 1. The molecule has 0 spiro atoms. The summed E-state index contributed by atoms with van der Waals surface area (Å²) >= 11 is 0. The Hall–Kier alpha value is -1.95. The summed E-state index contributed by atoms with van der Waals surface area (Å²) in [6.07, 6.45) is 1.74. The van der Waals surface area contributed by atoms with Crippen molar-refractivity contribution in [1.29, 1.82) is 0 Å². The van der Waals surface area contributed by atoms with E-state index in [-0.39, 0.29) is 11.5 Å². The topological polar surface area (TPSA) is 91.3 Å². The fourth-order valence-corrected chi connectivity index (χ4v) is 1.48. The molecule has 0 radical (unpaired) electrons. The fraction of sp³-hybridized carbons (Fsp3) is 0.500. The summed E-state index contributed by atoms with van der Waals surface area (Å²) in [5.74, 6) is -0.511. The van der Waals surface area contributed by atoms with E-state index in [4.69, 9.17) is 5.11 Å².